The molecule has 1 aliphatic rings. The summed E-state index contributed by atoms with van der Waals surface area (Å²) in [5.74, 6) is 0.891. The maximum absolute atomic E-state index is 5.27. The van der Waals surface area contributed by atoms with Crippen molar-refractivity contribution in [1.82, 2.24) is 4.90 Å². The van der Waals surface area contributed by atoms with Gasteiger partial charge in [-0.25, -0.2) is 0 Å². The number of ether oxygens (including phenoxy) is 1. The van der Waals surface area contributed by atoms with Crippen molar-refractivity contribution in [3.8, 4) is 5.75 Å². The molecule has 2 unspecified atom stereocenters. The third-order valence-corrected chi connectivity index (χ3v) is 5.55. The van der Waals surface area contributed by atoms with E-state index in [0.717, 1.165) is 16.8 Å². The van der Waals surface area contributed by atoms with Gasteiger partial charge in [-0.2, -0.15) is 0 Å². The van der Waals surface area contributed by atoms with Crippen LogP contribution in [0.4, 0.5) is 0 Å². The predicted octanol–water partition coefficient (Wildman–Crippen LogP) is 4.60. The Morgan fingerprint density at radius 3 is 2.68 bits per heavy atom. The zero-order valence-electron chi connectivity index (χ0n) is 11.5. The molecule has 1 aliphatic carbocycles. The molecule has 0 aliphatic heterocycles. The van der Waals surface area contributed by atoms with E-state index < -0.39 is 0 Å². The van der Waals surface area contributed by atoms with Crippen LogP contribution in [0.15, 0.2) is 22.7 Å². The van der Waals surface area contributed by atoms with Gasteiger partial charge in [0, 0.05) is 17.4 Å². The Hall–Kier alpha value is -0.0600. The Bertz CT molecular complexity index is 425. The molecule has 2 nitrogen and oxygen atoms in total. The quantitative estimate of drug-likeness (QED) is 0.696. The molecule has 1 saturated carbocycles. The van der Waals surface area contributed by atoms with Gasteiger partial charge in [-0.15, -0.1) is 0 Å². The van der Waals surface area contributed by atoms with Crippen molar-refractivity contribution in [1.29, 1.82) is 0 Å². The molecule has 0 amide bonds. The number of hydrogen-bond donors (Lipinski definition) is 0. The summed E-state index contributed by atoms with van der Waals surface area (Å²) in [6.07, 6.45) is 5.29. The highest BCUT2D eigenvalue weighted by atomic mass is 79.9. The lowest BCUT2D eigenvalue weighted by Gasteiger charge is -2.35. The fourth-order valence-electron chi connectivity index (χ4n) is 2.78. The normalized spacial score (nSPS) is 23.6. The standard InChI is InChI=1S/C15H21Br2NO/c1-18(14-6-4-3-5-12(14)16)10-11-7-8-15(19-2)13(17)9-11/h7-9,12,14H,3-6,10H2,1-2H3. The average Bonchev–Trinajstić information content (AvgIpc) is 2.39. The van der Waals surface area contributed by atoms with Crippen molar-refractivity contribution in [2.75, 3.05) is 14.2 Å². The second kappa shape index (κ2) is 7.09. The van der Waals surface area contributed by atoms with Crippen molar-refractivity contribution in [2.45, 2.75) is 43.1 Å². The maximum Gasteiger partial charge on any atom is 0.133 e. The van der Waals surface area contributed by atoms with Crippen molar-refractivity contribution in [2.24, 2.45) is 0 Å². The third kappa shape index (κ3) is 3.96. The molecule has 19 heavy (non-hydrogen) atoms. The minimum absolute atomic E-state index is 0.632. The number of alkyl halides is 1. The van der Waals surface area contributed by atoms with E-state index in [4.69, 9.17) is 4.74 Å². The Labute approximate surface area is 132 Å². The van der Waals surface area contributed by atoms with Crippen LogP contribution in [0.1, 0.15) is 31.2 Å². The largest absolute Gasteiger partial charge is 0.496 e. The third-order valence-electron chi connectivity index (χ3n) is 3.86. The molecule has 0 N–H and O–H groups in total. The number of nitrogens with zero attached hydrogens (tertiary/aromatic N) is 1. The Kier molecular flexibility index (Phi) is 5.72. The van der Waals surface area contributed by atoms with E-state index in [2.05, 4.69) is 55.9 Å². The monoisotopic (exact) mass is 389 g/mol. The summed E-state index contributed by atoms with van der Waals surface area (Å²) < 4.78 is 6.30. The number of rotatable bonds is 4. The van der Waals surface area contributed by atoms with Crippen molar-refractivity contribution >= 4 is 31.9 Å². The summed E-state index contributed by atoms with van der Waals surface area (Å²) in [4.78, 5) is 3.10. The minimum Gasteiger partial charge on any atom is -0.496 e. The Balaban J connectivity index is 2.01. The summed E-state index contributed by atoms with van der Waals surface area (Å²) in [5, 5.41) is 0. The SMILES string of the molecule is COc1ccc(CN(C)C2CCCCC2Br)cc1Br. The second-order valence-electron chi connectivity index (χ2n) is 5.25. The second-order valence-corrected chi connectivity index (χ2v) is 7.28. The Morgan fingerprint density at radius 2 is 2.05 bits per heavy atom. The van der Waals surface area contributed by atoms with E-state index >= 15 is 0 Å². The van der Waals surface area contributed by atoms with Gasteiger partial charge in [0.1, 0.15) is 5.75 Å². The van der Waals surface area contributed by atoms with Gasteiger partial charge in [0.25, 0.3) is 0 Å². The van der Waals surface area contributed by atoms with Crippen LogP contribution in [0.25, 0.3) is 0 Å². The molecule has 1 aromatic rings. The van der Waals surface area contributed by atoms with Gasteiger partial charge in [0.15, 0.2) is 0 Å². The molecule has 0 spiro atoms. The highest BCUT2D eigenvalue weighted by Crippen LogP contribution is 2.30. The fraction of sp³-hybridized carbons (Fsp3) is 0.600. The van der Waals surface area contributed by atoms with Crippen LogP contribution in [-0.2, 0) is 6.54 Å². The lowest BCUT2D eigenvalue weighted by Crippen LogP contribution is -2.40. The van der Waals surface area contributed by atoms with E-state index in [9.17, 15) is 0 Å². The molecule has 0 aromatic heterocycles. The van der Waals surface area contributed by atoms with Gasteiger partial charge in [-0.3, -0.25) is 4.90 Å². The van der Waals surface area contributed by atoms with Crippen molar-refractivity contribution < 1.29 is 4.74 Å². The van der Waals surface area contributed by atoms with Gasteiger partial charge in [0.05, 0.1) is 11.6 Å². The van der Waals surface area contributed by atoms with Gasteiger partial charge < -0.3 is 4.74 Å². The van der Waals surface area contributed by atoms with Crippen LogP contribution >= 0.6 is 31.9 Å². The minimum atomic E-state index is 0.632. The summed E-state index contributed by atoms with van der Waals surface area (Å²) in [7, 11) is 3.92. The summed E-state index contributed by atoms with van der Waals surface area (Å²) in [6, 6.07) is 6.97. The zero-order valence-corrected chi connectivity index (χ0v) is 14.7. The number of methoxy groups -OCH3 is 1. The number of benzene rings is 1. The summed E-state index contributed by atoms with van der Waals surface area (Å²) in [6.45, 7) is 0.982. The van der Waals surface area contributed by atoms with Crippen LogP contribution < -0.4 is 4.74 Å². The lowest BCUT2D eigenvalue weighted by molar-refractivity contribution is 0.193. The summed E-state index contributed by atoms with van der Waals surface area (Å²) >= 11 is 7.39. The average molecular weight is 391 g/mol. The molecule has 0 heterocycles. The number of hydrogen-bond acceptors (Lipinski definition) is 2. The zero-order chi connectivity index (χ0) is 13.8. The predicted molar refractivity (Wildman–Crippen MR) is 87.1 cm³/mol. The molecule has 1 fully saturated rings. The molecule has 2 rings (SSSR count). The molecule has 0 bridgehead atoms. The topological polar surface area (TPSA) is 12.5 Å². The van der Waals surface area contributed by atoms with E-state index in [1.165, 1.54) is 31.2 Å². The van der Waals surface area contributed by atoms with E-state index in [0.29, 0.717) is 10.9 Å². The maximum atomic E-state index is 5.27. The van der Waals surface area contributed by atoms with Gasteiger partial charge >= 0.3 is 0 Å². The first-order chi connectivity index (χ1) is 9.11. The molecular weight excluding hydrogens is 370 g/mol. The van der Waals surface area contributed by atoms with Crippen molar-refractivity contribution in [3.63, 3.8) is 0 Å². The van der Waals surface area contributed by atoms with Crippen LogP contribution in [-0.4, -0.2) is 29.9 Å². The van der Waals surface area contributed by atoms with Crippen LogP contribution in [0.3, 0.4) is 0 Å². The first-order valence-corrected chi connectivity index (χ1v) is 8.49. The van der Waals surface area contributed by atoms with Gasteiger partial charge in [0.2, 0.25) is 0 Å². The van der Waals surface area contributed by atoms with Crippen LogP contribution in [0, 0.1) is 0 Å². The molecule has 4 heteroatoms. The first kappa shape index (κ1) is 15.3. The molecule has 0 radical (unpaired) electrons. The smallest absolute Gasteiger partial charge is 0.133 e. The molecule has 106 valence electrons. The van der Waals surface area contributed by atoms with Gasteiger partial charge in [-0.1, -0.05) is 34.8 Å². The first-order valence-electron chi connectivity index (χ1n) is 6.78. The van der Waals surface area contributed by atoms with Crippen LogP contribution in [0.5, 0.6) is 5.75 Å². The molecule has 2 atom stereocenters. The summed E-state index contributed by atoms with van der Waals surface area (Å²) in [5.41, 5.74) is 1.32. The van der Waals surface area contributed by atoms with E-state index in [1.807, 2.05) is 6.07 Å². The lowest BCUT2D eigenvalue weighted by atomic mass is 9.94. The molecule has 1 aromatic carbocycles. The highest BCUT2D eigenvalue weighted by molar-refractivity contribution is 9.10. The molecular formula is C15H21Br2NO. The van der Waals surface area contributed by atoms with E-state index in [-0.39, 0.29) is 0 Å². The Morgan fingerprint density at radius 1 is 1.32 bits per heavy atom. The van der Waals surface area contributed by atoms with Crippen molar-refractivity contribution in [3.05, 3.63) is 28.2 Å². The van der Waals surface area contributed by atoms with E-state index in [1.54, 1.807) is 7.11 Å². The van der Waals surface area contributed by atoms with Crippen LogP contribution in [0.2, 0.25) is 0 Å². The number of halogens is 2. The van der Waals surface area contributed by atoms with Gasteiger partial charge in [-0.05, 0) is 53.5 Å². The fourth-order valence-corrected chi connectivity index (χ4v) is 4.36. The highest BCUT2D eigenvalue weighted by Gasteiger charge is 2.26. The molecule has 0 saturated heterocycles.